The number of benzene rings is 2. The van der Waals surface area contributed by atoms with Gasteiger partial charge in [-0.05, 0) is 52.4 Å². The fourth-order valence-electron chi connectivity index (χ4n) is 1.65. The maximum Gasteiger partial charge on any atom is 0.136 e. The summed E-state index contributed by atoms with van der Waals surface area (Å²) < 4.78 is 8.10. The first-order chi connectivity index (χ1) is 8.70. The lowest BCUT2D eigenvalue weighted by Gasteiger charge is -2.19. The summed E-state index contributed by atoms with van der Waals surface area (Å²) in [6.45, 7) is 0.446. The third kappa shape index (κ3) is 3.46. The normalized spacial score (nSPS) is 12.2. The van der Waals surface area contributed by atoms with E-state index in [0.717, 1.165) is 19.4 Å². The fraction of sp³-hybridized carbons (Fsp3) is 0.143. The van der Waals surface area contributed by atoms with Gasteiger partial charge in [-0.2, -0.15) is 0 Å². The third-order valence-electron chi connectivity index (χ3n) is 2.54. The summed E-state index contributed by atoms with van der Waals surface area (Å²) in [6, 6.07) is 16.0. The number of hydrogen-bond donors (Lipinski definition) is 1. The smallest absolute Gasteiger partial charge is 0.136 e. The minimum Gasteiger partial charge on any atom is -0.483 e. The summed E-state index contributed by atoms with van der Waals surface area (Å²) in [7, 11) is 0. The van der Waals surface area contributed by atoms with Gasteiger partial charge in [-0.25, -0.2) is 0 Å². The lowest BCUT2D eigenvalue weighted by Crippen LogP contribution is -2.18. The molecular formula is C14H13BrINO. The number of hydrogen-bond acceptors (Lipinski definition) is 2. The molecule has 0 bridgehead atoms. The van der Waals surface area contributed by atoms with Crippen LogP contribution in [0.15, 0.2) is 53.0 Å². The molecule has 2 N–H and O–H groups in total. The number of nitrogens with two attached hydrogens (primary N) is 1. The minimum atomic E-state index is -0.126. The molecule has 0 amide bonds. The van der Waals surface area contributed by atoms with Gasteiger partial charge in [-0.3, -0.25) is 0 Å². The van der Waals surface area contributed by atoms with Crippen LogP contribution in [-0.4, -0.2) is 6.54 Å². The predicted molar refractivity (Wildman–Crippen MR) is 85.7 cm³/mol. The van der Waals surface area contributed by atoms with E-state index in [1.54, 1.807) is 0 Å². The van der Waals surface area contributed by atoms with Crippen LogP contribution in [0.3, 0.4) is 0 Å². The van der Waals surface area contributed by atoms with Crippen molar-refractivity contribution in [3.05, 3.63) is 62.1 Å². The molecule has 0 saturated carbocycles. The highest BCUT2D eigenvalue weighted by Crippen LogP contribution is 2.27. The first kappa shape index (κ1) is 13.8. The van der Waals surface area contributed by atoms with Crippen molar-refractivity contribution in [2.24, 2.45) is 5.73 Å². The Morgan fingerprint density at radius 2 is 1.94 bits per heavy atom. The molecule has 0 aliphatic rings. The molecule has 0 aliphatic carbocycles. The lowest BCUT2D eigenvalue weighted by atomic mass is 10.1. The monoisotopic (exact) mass is 417 g/mol. The number of rotatable bonds is 4. The van der Waals surface area contributed by atoms with E-state index < -0.39 is 0 Å². The van der Waals surface area contributed by atoms with Crippen molar-refractivity contribution in [3.63, 3.8) is 0 Å². The van der Waals surface area contributed by atoms with Gasteiger partial charge < -0.3 is 10.5 Å². The molecule has 2 nitrogen and oxygen atoms in total. The Hall–Kier alpha value is -0.590. The topological polar surface area (TPSA) is 35.2 Å². The van der Waals surface area contributed by atoms with Crippen LogP contribution >= 0.6 is 38.5 Å². The van der Waals surface area contributed by atoms with Crippen molar-refractivity contribution >= 4 is 38.5 Å². The van der Waals surface area contributed by atoms with Gasteiger partial charge >= 0.3 is 0 Å². The zero-order valence-corrected chi connectivity index (χ0v) is 13.4. The SMILES string of the molecule is NCC(Oc1ccccc1I)c1cccc(Br)c1. The second-order valence-electron chi connectivity index (χ2n) is 3.83. The summed E-state index contributed by atoms with van der Waals surface area (Å²) in [6.07, 6.45) is -0.126. The van der Waals surface area contributed by atoms with Crippen molar-refractivity contribution in [1.29, 1.82) is 0 Å². The van der Waals surface area contributed by atoms with Crippen LogP contribution in [0.5, 0.6) is 5.75 Å². The van der Waals surface area contributed by atoms with E-state index in [-0.39, 0.29) is 6.10 Å². The second kappa shape index (κ2) is 6.54. The summed E-state index contributed by atoms with van der Waals surface area (Å²) in [5, 5.41) is 0. The molecule has 0 aromatic heterocycles. The van der Waals surface area contributed by atoms with Crippen LogP contribution in [0.4, 0.5) is 0 Å². The van der Waals surface area contributed by atoms with E-state index in [1.165, 1.54) is 0 Å². The van der Waals surface area contributed by atoms with Gasteiger partial charge in [-0.1, -0.05) is 40.2 Å². The molecule has 18 heavy (non-hydrogen) atoms. The van der Waals surface area contributed by atoms with E-state index in [9.17, 15) is 0 Å². The van der Waals surface area contributed by atoms with Crippen LogP contribution in [-0.2, 0) is 0 Å². The molecule has 94 valence electrons. The average molecular weight is 418 g/mol. The Morgan fingerprint density at radius 1 is 1.17 bits per heavy atom. The molecule has 0 heterocycles. The van der Waals surface area contributed by atoms with Crippen LogP contribution in [0.2, 0.25) is 0 Å². The maximum atomic E-state index is 5.98. The minimum absolute atomic E-state index is 0.126. The second-order valence-corrected chi connectivity index (χ2v) is 5.91. The van der Waals surface area contributed by atoms with E-state index >= 15 is 0 Å². The Kier molecular flexibility index (Phi) is 5.03. The molecule has 2 rings (SSSR count). The predicted octanol–water partition coefficient (Wildman–Crippen LogP) is 4.13. The van der Waals surface area contributed by atoms with Gasteiger partial charge in [-0.15, -0.1) is 0 Å². The Morgan fingerprint density at radius 3 is 2.61 bits per heavy atom. The van der Waals surface area contributed by atoms with Crippen LogP contribution in [0.25, 0.3) is 0 Å². The Bertz CT molecular complexity index is 533. The number of ether oxygens (including phenoxy) is 1. The molecule has 0 fully saturated rings. The van der Waals surface area contributed by atoms with Crippen molar-refractivity contribution in [2.45, 2.75) is 6.10 Å². The highest BCUT2D eigenvalue weighted by Gasteiger charge is 2.13. The highest BCUT2D eigenvalue weighted by molar-refractivity contribution is 14.1. The molecule has 4 heteroatoms. The quantitative estimate of drug-likeness (QED) is 0.759. The van der Waals surface area contributed by atoms with Gasteiger partial charge in [0.1, 0.15) is 11.9 Å². The highest BCUT2D eigenvalue weighted by atomic mass is 127. The van der Waals surface area contributed by atoms with E-state index in [4.69, 9.17) is 10.5 Å². The number of para-hydroxylation sites is 1. The van der Waals surface area contributed by atoms with E-state index in [0.29, 0.717) is 6.54 Å². The Balaban J connectivity index is 2.23. The molecule has 0 spiro atoms. The summed E-state index contributed by atoms with van der Waals surface area (Å²) in [5.41, 5.74) is 6.89. The van der Waals surface area contributed by atoms with Crippen LogP contribution < -0.4 is 10.5 Å². The number of halogens is 2. The lowest BCUT2D eigenvalue weighted by molar-refractivity contribution is 0.212. The molecule has 0 saturated heterocycles. The molecular weight excluding hydrogens is 405 g/mol. The van der Waals surface area contributed by atoms with Crippen LogP contribution in [0, 0.1) is 3.57 Å². The molecule has 1 atom stereocenters. The van der Waals surface area contributed by atoms with Crippen LogP contribution in [0.1, 0.15) is 11.7 Å². The molecule has 2 aromatic carbocycles. The largest absolute Gasteiger partial charge is 0.483 e. The third-order valence-corrected chi connectivity index (χ3v) is 3.92. The van der Waals surface area contributed by atoms with Gasteiger partial charge in [0.05, 0.1) is 3.57 Å². The van der Waals surface area contributed by atoms with Gasteiger partial charge in [0.15, 0.2) is 0 Å². The van der Waals surface area contributed by atoms with Gasteiger partial charge in [0, 0.05) is 11.0 Å². The van der Waals surface area contributed by atoms with Crippen molar-refractivity contribution in [3.8, 4) is 5.75 Å². The van der Waals surface area contributed by atoms with E-state index in [1.807, 2.05) is 48.5 Å². The maximum absolute atomic E-state index is 5.98. The average Bonchev–Trinajstić information content (AvgIpc) is 2.38. The van der Waals surface area contributed by atoms with Crippen molar-refractivity contribution in [2.75, 3.05) is 6.54 Å². The standard InChI is InChI=1S/C14H13BrINO/c15-11-5-3-4-10(8-11)14(9-17)18-13-7-2-1-6-12(13)16/h1-8,14H,9,17H2. The van der Waals surface area contributed by atoms with E-state index in [2.05, 4.69) is 38.5 Å². The zero-order chi connectivity index (χ0) is 13.0. The molecule has 1 unspecified atom stereocenters. The molecule has 2 aromatic rings. The zero-order valence-electron chi connectivity index (χ0n) is 9.64. The van der Waals surface area contributed by atoms with Crippen molar-refractivity contribution in [1.82, 2.24) is 0 Å². The summed E-state index contributed by atoms with van der Waals surface area (Å²) in [4.78, 5) is 0. The Labute approximate surface area is 129 Å². The molecule has 0 radical (unpaired) electrons. The summed E-state index contributed by atoms with van der Waals surface area (Å²) in [5.74, 6) is 0.869. The van der Waals surface area contributed by atoms with Gasteiger partial charge in [0.25, 0.3) is 0 Å². The molecule has 0 aliphatic heterocycles. The first-order valence-electron chi connectivity index (χ1n) is 5.57. The summed E-state index contributed by atoms with van der Waals surface area (Å²) >= 11 is 5.72. The first-order valence-corrected chi connectivity index (χ1v) is 7.44. The van der Waals surface area contributed by atoms with Gasteiger partial charge in [0.2, 0.25) is 0 Å². The fourth-order valence-corrected chi connectivity index (χ4v) is 2.58. The van der Waals surface area contributed by atoms with Crippen molar-refractivity contribution < 1.29 is 4.74 Å².